The lowest BCUT2D eigenvalue weighted by Gasteiger charge is -2.13. The fourth-order valence-electron chi connectivity index (χ4n) is 3.04. The minimum absolute atomic E-state index is 0.148. The molecule has 0 heterocycles. The van der Waals surface area contributed by atoms with Crippen LogP contribution < -0.4 is 5.32 Å². The minimum atomic E-state index is -4.98. The van der Waals surface area contributed by atoms with Gasteiger partial charge >= 0.3 is 0 Å². The highest BCUT2D eigenvalue weighted by molar-refractivity contribution is 7.86. The lowest BCUT2D eigenvalue weighted by molar-refractivity contribution is -0.385. The second-order valence-corrected chi connectivity index (χ2v) is 9.20. The number of fused-ring (bicyclic) bond motifs is 1. The molecule has 13 heteroatoms. The average molecular weight is 466 g/mol. The van der Waals surface area contributed by atoms with Crippen LogP contribution in [-0.2, 0) is 20.2 Å². The van der Waals surface area contributed by atoms with E-state index in [1.165, 1.54) is 25.1 Å². The Morgan fingerprint density at radius 1 is 0.968 bits per heavy atom. The Hall–Kier alpha value is -3.39. The molecule has 31 heavy (non-hydrogen) atoms. The Balaban J connectivity index is 2.19. The number of nitrogens with zero attached hydrogens (tertiary/aromatic N) is 1. The van der Waals surface area contributed by atoms with Gasteiger partial charge in [-0.1, -0.05) is 24.3 Å². The van der Waals surface area contributed by atoms with Crippen molar-refractivity contribution >= 4 is 48.3 Å². The molecule has 0 aliphatic heterocycles. The number of nitrogens with one attached hydrogen (secondary N) is 1. The number of benzene rings is 3. The molecule has 0 unspecified atom stereocenters. The second-order valence-electron chi connectivity index (χ2n) is 6.46. The minimum Gasteiger partial charge on any atom is -0.321 e. The molecule has 0 aromatic heterocycles. The van der Waals surface area contributed by atoms with Crippen LogP contribution >= 0.6 is 0 Å². The number of hydrogen-bond donors (Lipinski definition) is 3. The van der Waals surface area contributed by atoms with E-state index in [0.29, 0.717) is 5.56 Å². The van der Waals surface area contributed by atoms with E-state index in [-0.39, 0.29) is 22.0 Å². The van der Waals surface area contributed by atoms with E-state index in [9.17, 15) is 40.8 Å². The maximum atomic E-state index is 12.6. The van der Waals surface area contributed by atoms with E-state index in [1.807, 2.05) is 0 Å². The smallest absolute Gasteiger partial charge is 0.297 e. The largest absolute Gasteiger partial charge is 0.321 e. The molecule has 162 valence electrons. The van der Waals surface area contributed by atoms with Crippen LogP contribution in [0.15, 0.2) is 58.3 Å². The van der Waals surface area contributed by atoms with Crippen molar-refractivity contribution in [1.82, 2.24) is 0 Å². The average Bonchev–Trinajstić information content (AvgIpc) is 2.65. The molecule has 0 aliphatic rings. The highest BCUT2D eigenvalue weighted by atomic mass is 32.2. The summed E-state index contributed by atoms with van der Waals surface area (Å²) < 4.78 is 66.3. The van der Waals surface area contributed by atoms with Crippen molar-refractivity contribution in [3.63, 3.8) is 0 Å². The van der Waals surface area contributed by atoms with Crippen LogP contribution in [0.3, 0.4) is 0 Å². The zero-order valence-corrected chi connectivity index (χ0v) is 17.3. The van der Waals surface area contributed by atoms with Crippen molar-refractivity contribution in [2.75, 3.05) is 5.32 Å². The first kappa shape index (κ1) is 22.3. The van der Waals surface area contributed by atoms with Crippen molar-refractivity contribution in [3.8, 4) is 0 Å². The molecule has 0 radical (unpaired) electrons. The molecular weight excluding hydrogens is 452 g/mol. The molecule has 0 spiro atoms. The highest BCUT2D eigenvalue weighted by Crippen LogP contribution is 2.34. The van der Waals surface area contributed by atoms with Gasteiger partial charge in [0.2, 0.25) is 0 Å². The number of carbonyl (C=O) groups excluding carboxylic acids is 1. The van der Waals surface area contributed by atoms with Crippen molar-refractivity contribution in [2.45, 2.75) is 16.7 Å². The van der Waals surface area contributed by atoms with Gasteiger partial charge < -0.3 is 5.32 Å². The van der Waals surface area contributed by atoms with Gasteiger partial charge in [0.05, 0.1) is 10.6 Å². The lowest BCUT2D eigenvalue weighted by Crippen LogP contribution is -2.15. The zero-order chi connectivity index (χ0) is 23.1. The van der Waals surface area contributed by atoms with Gasteiger partial charge in [-0.3, -0.25) is 24.0 Å². The Labute approximate surface area is 176 Å². The van der Waals surface area contributed by atoms with E-state index in [4.69, 9.17) is 0 Å². The molecule has 0 saturated carbocycles. The summed E-state index contributed by atoms with van der Waals surface area (Å²) in [6.45, 7) is 1.48. The van der Waals surface area contributed by atoms with E-state index >= 15 is 0 Å². The van der Waals surface area contributed by atoms with Crippen LogP contribution in [-0.4, -0.2) is 36.8 Å². The van der Waals surface area contributed by atoms with Crippen LogP contribution in [0.25, 0.3) is 10.8 Å². The monoisotopic (exact) mass is 466 g/mol. The number of nitro benzene ring substituents is 1. The fourth-order valence-corrected chi connectivity index (χ4v) is 4.60. The van der Waals surface area contributed by atoms with E-state index in [0.717, 1.165) is 30.3 Å². The molecule has 3 N–H and O–H groups in total. The number of nitro groups is 1. The van der Waals surface area contributed by atoms with Crippen LogP contribution in [0, 0.1) is 17.0 Å². The van der Waals surface area contributed by atoms with Gasteiger partial charge in [-0.2, -0.15) is 16.8 Å². The third kappa shape index (κ3) is 4.39. The summed E-state index contributed by atoms with van der Waals surface area (Å²) in [5.41, 5.74) is -0.552. The first-order valence-electron chi connectivity index (χ1n) is 8.38. The quantitative estimate of drug-likeness (QED) is 0.289. The normalized spacial score (nSPS) is 12.0. The summed E-state index contributed by atoms with van der Waals surface area (Å²) in [7, 11) is -9.69. The third-order valence-corrected chi connectivity index (χ3v) is 6.29. The molecule has 3 aromatic rings. The van der Waals surface area contributed by atoms with Crippen LogP contribution in [0.1, 0.15) is 15.9 Å². The van der Waals surface area contributed by atoms with Gasteiger partial charge in [-0.15, -0.1) is 0 Å². The number of rotatable bonds is 5. The Morgan fingerprint density at radius 3 is 2.23 bits per heavy atom. The van der Waals surface area contributed by atoms with Gasteiger partial charge in [0.25, 0.3) is 31.8 Å². The molecule has 0 aliphatic carbocycles. The van der Waals surface area contributed by atoms with Gasteiger partial charge in [-0.05, 0) is 25.1 Å². The maximum Gasteiger partial charge on any atom is 0.297 e. The van der Waals surface area contributed by atoms with Crippen molar-refractivity contribution in [2.24, 2.45) is 0 Å². The van der Waals surface area contributed by atoms with Crippen LogP contribution in [0.4, 0.5) is 11.4 Å². The molecule has 0 fully saturated rings. The van der Waals surface area contributed by atoms with Crippen molar-refractivity contribution in [3.05, 3.63) is 69.8 Å². The van der Waals surface area contributed by atoms with E-state index < -0.39 is 46.5 Å². The third-order valence-electron chi connectivity index (χ3n) is 4.42. The highest BCUT2D eigenvalue weighted by Gasteiger charge is 2.25. The number of aryl methyl sites for hydroxylation is 1. The summed E-state index contributed by atoms with van der Waals surface area (Å²) >= 11 is 0. The van der Waals surface area contributed by atoms with Crippen LogP contribution in [0.5, 0.6) is 0 Å². The van der Waals surface area contributed by atoms with Gasteiger partial charge in [0.1, 0.15) is 9.79 Å². The second kappa shape index (κ2) is 7.70. The Bertz CT molecular complexity index is 1460. The molecular formula is C18H14N2O9S2. The predicted octanol–water partition coefficient (Wildman–Crippen LogP) is 2.80. The molecule has 1 amide bonds. The van der Waals surface area contributed by atoms with E-state index in [2.05, 4.69) is 5.32 Å². The summed E-state index contributed by atoms with van der Waals surface area (Å²) in [6, 6.07) is 9.18. The molecule has 0 saturated heterocycles. The molecule has 11 nitrogen and oxygen atoms in total. The molecule has 0 bridgehead atoms. The first-order valence-corrected chi connectivity index (χ1v) is 11.3. The fraction of sp³-hybridized carbons (Fsp3) is 0.0556. The summed E-state index contributed by atoms with van der Waals surface area (Å²) in [5, 5.41) is 12.9. The summed E-state index contributed by atoms with van der Waals surface area (Å²) in [5.74, 6) is -0.904. The first-order chi connectivity index (χ1) is 14.3. The summed E-state index contributed by atoms with van der Waals surface area (Å²) in [6.07, 6.45) is 0. The SMILES string of the molecule is Cc1ccc(C(=O)Nc2ccc3c(S(=O)(=O)O)cccc3c2S(=O)(=O)O)cc1[N+](=O)[O-]. The van der Waals surface area contributed by atoms with Crippen molar-refractivity contribution < 1.29 is 35.7 Å². The lowest BCUT2D eigenvalue weighted by atomic mass is 10.1. The molecule has 0 atom stereocenters. The Kier molecular flexibility index (Phi) is 5.54. The number of anilines is 1. The summed E-state index contributed by atoms with van der Waals surface area (Å²) in [4.78, 5) is 21.6. The number of hydrogen-bond acceptors (Lipinski definition) is 7. The van der Waals surface area contributed by atoms with E-state index in [1.54, 1.807) is 0 Å². The Morgan fingerprint density at radius 2 is 1.65 bits per heavy atom. The number of amides is 1. The topological polar surface area (TPSA) is 181 Å². The zero-order valence-electron chi connectivity index (χ0n) is 15.6. The molecule has 3 rings (SSSR count). The van der Waals surface area contributed by atoms with Gasteiger partial charge in [0, 0.05) is 28.0 Å². The van der Waals surface area contributed by atoms with Gasteiger partial charge in [0.15, 0.2) is 0 Å². The molecule has 3 aromatic carbocycles. The predicted molar refractivity (Wildman–Crippen MR) is 109 cm³/mol. The number of carbonyl (C=O) groups is 1. The maximum absolute atomic E-state index is 12.6. The van der Waals surface area contributed by atoms with Crippen molar-refractivity contribution in [1.29, 1.82) is 0 Å². The van der Waals surface area contributed by atoms with Gasteiger partial charge in [-0.25, -0.2) is 0 Å². The van der Waals surface area contributed by atoms with Crippen LogP contribution in [0.2, 0.25) is 0 Å². The standard InChI is InChI=1S/C18H14N2O9S2/c1-10-5-6-11(9-15(10)20(22)23)18(21)19-14-8-7-12-13(17(14)31(27,28)29)3-2-4-16(12)30(24,25)26/h2-9H,1H3,(H,19,21)(H,24,25,26)(H,27,28,29).